The molecule has 0 unspecified atom stereocenters. The van der Waals surface area contributed by atoms with Gasteiger partial charge in [0.2, 0.25) is 29.5 Å². The van der Waals surface area contributed by atoms with Gasteiger partial charge in [-0.05, 0) is 25.8 Å². The molecule has 0 bridgehead atoms. The number of hydrogen-bond acceptors (Lipinski definition) is 41. The van der Waals surface area contributed by atoms with E-state index in [1.54, 1.807) is 45.8 Å². The van der Waals surface area contributed by atoms with Crippen molar-refractivity contribution in [3.8, 4) is 0 Å². The fourth-order valence-electron chi connectivity index (χ4n) is 14.4. The fourth-order valence-corrected chi connectivity index (χ4v) is 14.4. The molecule has 4 aromatic heterocycles. The van der Waals surface area contributed by atoms with Crippen molar-refractivity contribution in [2.75, 3.05) is 132 Å². The number of unbranched alkanes of at least 4 members (excludes halogenated alkanes) is 1. The standard InChI is InChI=1S/C75H122N20O31/c1-44-63(106)64(107)53(40-96)123-72(44)119-28-24-115-22-18-93-38-50(83-87-93)34-90(35-51-39-94(88-84-51)19-23-118-27-31-122-75-62(80-47(4)102)70(113)67(110)56(43-99)126-75)52(71(114)77-13-7-12-76-57(103)11-15-95-58(104)9-10-59(95)105)8-5-6-14-89(32-48-36-91(85-81-48)16-20-116-25-29-120-73-60(78-45(2)100)68(111)65(108)54(41-97)124-73)33-49-37-92(86-82-49)17-21-117-26-30-121-74-61(79-46(3)101)69(112)66(109)55(42-98)125-74/h9-10,36-39,44,52-56,60-70,72-75,96-99,106-113H,5-8,11-35,40-43H2,1-4H3,(H,76,103)(H,77,114)(H,78,100)(H,79,101)(H,80,102)/t44-,52+,53-,54-,55-,56-,60-,61-,62-,63-,64+,65+,66+,67+,68-,69-,70-,72-,73-,74-,75-/m1/s1. The van der Waals surface area contributed by atoms with Crippen LogP contribution in [0.15, 0.2) is 36.9 Å². The molecule has 0 spiro atoms. The molecule has 126 heavy (non-hydrogen) atoms. The van der Waals surface area contributed by atoms with Crippen LogP contribution < -0.4 is 26.6 Å². The molecule has 51 nitrogen and oxygen atoms in total. The summed E-state index contributed by atoms with van der Waals surface area (Å²) in [5.74, 6) is -4.01. The fraction of sp³-hybridized carbons (Fsp3) is 0.773. The Morgan fingerprint density at radius 2 is 0.770 bits per heavy atom. The Morgan fingerprint density at radius 3 is 1.13 bits per heavy atom. The molecule has 708 valence electrons. The number of carbonyl (C=O) groups is 7. The summed E-state index contributed by atoms with van der Waals surface area (Å²) in [5, 5.41) is 172. The van der Waals surface area contributed by atoms with Gasteiger partial charge in [0.05, 0.1) is 167 Å². The van der Waals surface area contributed by atoms with E-state index in [4.69, 9.17) is 56.8 Å². The van der Waals surface area contributed by atoms with Gasteiger partial charge >= 0.3 is 0 Å². The van der Waals surface area contributed by atoms with E-state index in [2.05, 4.69) is 72.7 Å². The number of rotatable bonds is 57. The lowest BCUT2D eigenvalue weighted by Gasteiger charge is -2.42. The second kappa shape index (κ2) is 52.4. The molecule has 5 aliphatic rings. The van der Waals surface area contributed by atoms with Gasteiger partial charge in [0.25, 0.3) is 11.8 Å². The summed E-state index contributed by atoms with van der Waals surface area (Å²) < 4.78 is 75.5. The summed E-state index contributed by atoms with van der Waals surface area (Å²) >= 11 is 0. The predicted molar refractivity (Wildman–Crippen MR) is 422 cm³/mol. The monoisotopic (exact) mass is 1800 g/mol. The van der Waals surface area contributed by atoms with Crippen LogP contribution in [0.25, 0.3) is 0 Å². The molecule has 9 heterocycles. The maximum absolute atomic E-state index is 15.1. The van der Waals surface area contributed by atoms with E-state index in [9.17, 15) is 90.0 Å². The molecule has 0 aliphatic carbocycles. The lowest BCUT2D eigenvalue weighted by Crippen LogP contribution is -2.64. The van der Waals surface area contributed by atoms with Crippen molar-refractivity contribution in [1.82, 2.24) is 101 Å². The van der Waals surface area contributed by atoms with Crippen molar-refractivity contribution in [2.24, 2.45) is 5.92 Å². The molecule has 0 saturated carbocycles. The first-order chi connectivity index (χ1) is 60.6. The molecule has 21 atom stereocenters. The van der Waals surface area contributed by atoms with Crippen LogP contribution in [0.2, 0.25) is 0 Å². The van der Waals surface area contributed by atoms with Gasteiger partial charge in [-0.1, -0.05) is 34.2 Å². The summed E-state index contributed by atoms with van der Waals surface area (Å²) in [4.78, 5) is 93.2. The molecule has 0 aromatic carbocycles. The zero-order valence-corrected chi connectivity index (χ0v) is 70.8. The largest absolute Gasteiger partial charge is 0.394 e. The maximum Gasteiger partial charge on any atom is 0.253 e. The van der Waals surface area contributed by atoms with E-state index >= 15 is 4.79 Å². The van der Waals surface area contributed by atoms with Gasteiger partial charge in [-0.25, -0.2) is 18.7 Å². The maximum atomic E-state index is 15.1. The van der Waals surface area contributed by atoms with Gasteiger partial charge in [0.1, 0.15) is 85.3 Å². The van der Waals surface area contributed by atoms with Gasteiger partial charge in [0.15, 0.2) is 25.2 Å². The van der Waals surface area contributed by atoms with Gasteiger partial charge in [-0.15, -0.1) is 20.4 Å². The summed E-state index contributed by atoms with van der Waals surface area (Å²) in [6, 6.07) is -4.36. The number of nitrogens with one attached hydrogen (secondary N) is 5. The van der Waals surface area contributed by atoms with Gasteiger partial charge in [-0.2, -0.15) is 0 Å². The van der Waals surface area contributed by atoms with Crippen molar-refractivity contribution in [1.29, 1.82) is 0 Å². The molecule has 4 aromatic rings. The topological polar surface area (TPSA) is 666 Å². The van der Waals surface area contributed by atoms with E-state index in [-0.39, 0.29) is 171 Å². The quantitative estimate of drug-likeness (QED) is 0.0144. The lowest BCUT2D eigenvalue weighted by molar-refractivity contribution is -0.284. The normalized spacial score (nSPS) is 27.2. The number of imide groups is 1. The molecular weight excluding hydrogens is 1680 g/mol. The number of hydrogen-bond donors (Lipinski definition) is 17. The third-order valence-electron chi connectivity index (χ3n) is 21.1. The second-order valence-corrected chi connectivity index (χ2v) is 30.7. The molecule has 4 fully saturated rings. The Labute approximate surface area is 724 Å². The third kappa shape index (κ3) is 31.3. The first-order valence-electron chi connectivity index (χ1n) is 41.8. The summed E-state index contributed by atoms with van der Waals surface area (Å²) in [5.41, 5.74) is 1.98. The lowest BCUT2D eigenvalue weighted by atomic mass is 9.92. The minimum Gasteiger partial charge on any atom is -0.394 e. The molecular formula is C75H122N20O31. The molecule has 5 aliphatic heterocycles. The first-order valence-corrected chi connectivity index (χ1v) is 41.8. The Balaban J connectivity index is 0.886. The van der Waals surface area contributed by atoms with Gasteiger partial charge < -0.3 is 145 Å². The highest BCUT2D eigenvalue weighted by Crippen LogP contribution is 2.29. The minimum absolute atomic E-state index is 0.00119. The second-order valence-electron chi connectivity index (χ2n) is 30.7. The van der Waals surface area contributed by atoms with E-state index < -0.39 is 196 Å². The number of amides is 7. The number of aliphatic hydroxyl groups is 12. The Bertz CT molecular complexity index is 3860. The van der Waals surface area contributed by atoms with Crippen LogP contribution in [-0.2, 0) is 143 Å². The molecule has 51 heteroatoms. The van der Waals surface area contributed by atoms with Gasteiger partial charge in [0, 0.05) is 116 Å². The van der Waals surface area contributed by atoms with E-state index in [0.29, 0.717) is 42.2 Å². The van der Waals surface area contributed by atoms with E-state index in [1.165, 1.54) is 25.5 Å². The highest BCUT2D eigenvalue weighted by Gasteiger charge is 2.49. The van der Waals surface area contributed by atoms with Crippen LogP contribution in [0.1, 0.15) is 82.6 Å². The SMILES string of the molecule is CC(=O)N[C@H]1[C@H](OCCOCCn2cc(CN(CCCC[C@@H](C(=O)NCCCNC(=O)CCN3C(=O)C=CC3=O)N(Cc3cn(CCOCCO[C@@H]4O[C@H](CO)[C@H](O)[C@H](O)[C@H]4C)nn3)Cc3cn(CCOCCO[C@@H]4O[C@H](CO)[C@H](O)[C@H](O)[C@H]4NC(C)=O)nn3)Cc3cn(CCOCCO[C@@H]4O[C@H](CO)[C@H](O)[C@H](O)[C@H]4NC(C)=O)nn3)nn2)O[C@H](CO)[C@H](O)[C@@H]1O. The highest BCUT2D eigenvalue weighted by molar-refractivity contribution is 6.13. The predicted octanol–water partition coefficient (Wildman–Crippen LogP) is -10.7. The van der Waals surface area contributed by atoms with Crippen molar-refractivity contribution in [2.45, 2.75) is 235 Å². The average molecular weight is 1800 g/mol. The summed E-state index contributed by atoms with van der Waals surface area (Å²) in [6.45, 7) is 5.33. The number of ether oxygens (including phenoxy) is 12. The van der Waals surface area contributed by atoms with E-state index in [0.717, 1.165) is 17.1 Å². The number of aliphatic hydroxyl groups excluding tert-OH is 12. The van der Waals surface area contributed by atoms with Crippen LogP contribution in [-0.4, -0.2) is 432 Å². The Hall–Kier alpha value is -8.25. The number of carbonyl (C=O) groups excluding carboxylic acids is 7. The smallest absolute Gasteiger partial charge is 0.253 e. The number of nitrogens with zero attached hydrogens (tertiary/aromatic N) is 15. The zero-order chi connectivity index (χ0) is 90.8. The van der Waals surface area contributed by atoms with E-state index in [1.807, 2.05) is 4.90 Å². The van der Waals surface area contributed by atoms with Crippen molar-refractivity contribution in [3.05, 3.63) is 59.7 Å². The highest BCUT2D eigenvalue weighted by atomic mass is 16.7. The minimum atomic E-state index is -1.51. The van der Waals surface area contributed by atoms with Crippen LogP contribution in [0, 0.1) is 5.92 Å². The molecule has 7 amide bonds. The van der Waals surface area contributed by atoms with Crippen molar-refractivity contribution < 1.29 is 152 Å². The Morgan fingerprint density at radius 1 is 0.429 bits per heavy atom. The van der Waals surface area contributed by atoms with Crippen LogP contribution in [0.3, 0.4) is 0 Å². The summed E-state index contributed by atoms with van der Waals surface area (Å²) in [6.07, 6.45) is -10.3. The molecule has 4 saturated heterocycles. The average Bonchev–Trinajstić information content (AvgIpc) is 0.905. The van der Waals surface area contributed by atoms with Gasteiger partial charge in [-0.3, -0.25) is 48.3 Å². The Kier molecular flexibility index (Phi) is 42.2. The molecule has 17 N–H and O–H groups in total. The first kappa shape index (κ1) is 101. The zero-order valence-electron chi connectivity index (χ0n) is 70.8. The molecule has 9 rings (SSSR count). The third-order valence-corrected chi connectivity index (χ3v) is 21.1. The number of aromatic nitrogens is 12. The summed E-state index contributed by atoms with van der Waals surface area (Å²) in [7, 11) is 0. The van der Waals surface area contributed by atoms with Crippen LogP contribution >= 0.6 is 0 Å². The van der Waals surface area contributed by atoms with Crippen molar-refractivity contribution >= 4 is 41.4 Å². The van der Waals surface area contributed by atoms with Crippen LogP contribution in [0.4, 0.5) is 0 Å². The van der Waals surface area contributed by atoms with Crippen LogP contribution in [0.5, 0.6) is 0 Å². The van der Waals surface area contributed by atoms with Crippen molar-refractivity contribution in [3.63, 3.8) is 0 Å². The molecule has 0 radical (unpaired) electrons.